The van der Waals surface area contributed by atoms with Crippen LogP contribution in [0.2, 0.25) is 0 Å². The van der Waals surface area contributed by atoms with Crippen molar-refractivity contribution in [2.24, 2.45) is 11.7 Å². The molecule has 2 aliphatic rings. The van der Waals surface area contributed by atoms with Gasteiger partial charge in [-0.1, -0.05) is 0 Å². The second-order valence-electron chi connectivity index (χ2n) is 6.04. The van der Waals surface area contributed by atoms with Gasteiger partial charge in [0.25, 0.3) is 0 Å². The molecule has 9 heteroatoms. The minimum atomic E-state index is -3.38. The van der Waals surface area contributed by atoms with E-state index >= 15 is 0 Å². The molecule has 0 bridgehead atoms. The summed E-state index contributed by atoms with van der Waals surface area (Å²) < 4.78 is 24.7. The number of nitrogens with two attached hydrogens (primary N) is 1. The van der Waals surface area contributed by atoms with Gasteiger partial charge >= 0.3 is 0 Å². The number of rotatable bonds is 4. The average molecular weight is 332 g/mol. The summed E-state index contributed by atoms with van der Waals surface area (Å²) in [5, 5.41) is 0. The molecule has 22 heavy (non-hydrogen) atoms. The standard InChI is InChI=1S/C13H24N4O4S/c1-22(20,21)17-7-6-15(8-11(9-17)13(14)19)10-12(18)16-4-2-3-5-16/h11H,2-10H2,1H3,(H2,14,19)/t11-/m0/s1. The van der Waals surface area contributed by atoms with Crippen molar-refractivity contribution in [2.75, 3.05) is 52.1 Å². The maximum Gasteiger partial charge on any atom is 0.236 e. The van der Waals surface area contributed by atoms with Gasteiger partial charge in [-0.3, -0.25) is 14.5 Å². The second-order valence-corrected chi connectivity index (χ2v) is 8.03. The number of carbonyl (C=O) groups is 2. The topological polar surface area (TPSA) is 104 Å². The van der Waals surface area contributed by atoms with Crippen LogP contribution >= 0.6 is 0 Å². The van der Waals surface area contributed by atoms with E-state index in [0.717, 1.165) is 32.2 Å². The summed E-state index contributed by atoms with van der Waals surface area (Å²) in [6, 6.07) is 0. The van der Waals surface area contributed by atoms with Crippen LogP contribution in [0.3, 0.4) is 0 Å². The lowest BCUT2D eigenvalue weighted by atomic mass is 10.1. The summed E-state index contributed by atoms with van der Waals surface area (Å²) >= 11 is 0. The molecule has 126 valence electrons. The van der Waals surface area contributed by atoms with Gasteiger partial charge in [0, 0.05) is 39.3 Å². The number of nitrogens with zero attached hydrogens (tertiary/aromatic N) is 3. The first kappa shape index (κ1) is 17.2. The molecule has 0 unspecified atom stereocenters. The summed E-state index contributed by atoms with van der Waals surface area (Å²) in [6.07, 6.45) is 3.17. The maximum absolute atomic E-state index is 12.2. The van der Waals surface area contributed by atoms with Crippen LogP contribution in [0, 0.1) is 5.92 Å². The second kappa shape index (κ2) is 6.93. The van der Waals surface area contributed by atoms with Crippen LogP contribution in [0.4, 0.5) is 0 Å². The first-order chi connectivity index (χ1) is 10.3. The van der Waals surface area contributed by atoms with Crippen molar-refractivity contribution < 1.29 is 18.0 Å². The van der Waals surface area contributed by atoms with E-state index in [1.807, 2.05) is 9.80 Å². The van der Waals surface area contributed by atoms with E-state index in [1.54, 1.807) is 0 Å². The molecule has 0 saturated carbocycles. The molecular formula is C13H24N4O4S. The van der Waals surface area contributed by atoms with E-state index in [2.05, 4.69) is 0 Å². The summed E-state index contributed by atoms with van der Waals surface area (Å²) in [5.41, 5.74) is 5.37. The summed E-state index contributed by atoms with van der Waals surface area (Å²) in [5.74, 6) is -1.09. The normalized spacial score (nSPS) is 25.1. The monoisotopic (exact) mass is 332 g/mol. The Balaban J connectivity index is 2.02. The van der Waals surface area contributed by atoms with Crippen molar-refractivity contribution in [1.29, 1.82) is 0 Å². The molecule has 0 spiro atoms. The predicted molar refractivity (Wildman–Crippen MR) is 81.4 cm³/mol. The SMILES string of the molecule is CS(=O)(=O)N1CCN(CC(=O)N2CCCC2)C[C@H](C(N)=O)C1. The van der Waals surface area contributed by atoms with E-state index in [4.69, 9.17) is 5.73 Å². The highest BCUT2D eigenvalue weighted by atomic mass is 32.2. The van der Waals surface area contributed by atoms with Crippen LogP contribution in [0.1, 0.15) is 12.8 Å². The smallest absolute Gasteiger partial charge is 0.236 e. The summed E-state index contributed by atoms with van der Waals surface area (Å²) in [7, 11) is -3.38. The van der Waals surface area contributed by atoms with Gasteiger partial charge in [0.1, 0.15) is 0 Å². The Hall–Kier alpha value is -1.19. The highest BCUT2D eigenvalue weighted by Gasteiger charge is 2.32. The number of primary amides is 1. The van der Waals surface area contributed by atoms with Crippen molar-refractivity contribution in [3.05, 3.63) is 0 Å². The average Bonchev–Trinajstić information content (AvgIpc) is 2.85. The molecule has 8 nitrogen and oxygen atoms in total. The third kappa shape index (κ3) is 4.40. The fraction of sp³-hybridized carbons (Fsp3) is 0.846. The van der Waals surface area contributed by atoms with Crippen LogP contribution in [-0.4, -0.2) is 86.4 Å². The van der Waals surface area contributed by atoms with Crippen LogP contribution in [0.25, 0.3) is 0 Å². The Morgan fingerprint density at radius 2 is 1.73 bits per heavy atom. The van der Waals surface area contributed by atoms with Gasteiger partial charge in [-0.05, 0) is 12.8 Å². The Kier molecular flexibility index (Phi) is 5.41. The maximum atomic E-state index is 12.2. The fourth-order valence-corrected chi connectivity index (χ4v) is 3.80. The number of likely N-dealkylation sites (tertiary alicyclic amines) is 1. The van der Waals surface area contributed by atoms with Crippen LogP contribution < -0.4 is 5.73 Å². The van der Waals surface area contributed by atoms with E-state index in [9.17, 15) is 18.0 Å². The molecule has 2 heterocycles. The van der Waals surface area contributed by atoms with Gasteiger partial charge in [0.05, 0.1) is 18.7 Å². The lowest BCUT2D eigenvalue weighted by Crippen LogP contribution is -2.43. The zero-order valence-electron chi connectivity index (χ0n) is 12.9. The van der Waals surface area contributed by atoms with Crippen molar-refractivity contribution in [2.45, 2.75) is 12.8 Å². The lowest BCUT2D eigenvalue weighted by Gasteiger charge is -2.24. The molecular weight excluding hydrogens is 308 g/mol. The Morgan fingerprint density at radius 3 is 2.27 bits per heavy atom. The third-order valence-electron chi connectivity index (χ3n) is 4.26. The molecule has 2 N–H and O–H groups in total. The number of hydrogen-bond donors (Lipinski definition) is 1. The van der Waals surface area contributed by atoms with Crippen molar-refractivity contribution >= 4 is 21.8 Å². The van der Waals surface area contributed by atoms with E-state index < -0.39 is 21.8 Å². The molecule has 1 atom stereocenters. The largest absolute Gasteiger partial charge is 0.369 e. The molecule has 2 amide bonds. The van der Waals surface area contributed by atoms with Gasteiger partial charge in [-0.2, -0.15) is 0 Å². The van der Waals surface area contributed by atoms with Gasteiger partial charge < -0.3 is 10.6 Å². The molecule has 2 fully saturated rings. The highest BCUT2D eigenvalue weighted by molar-refractivity contribution is 7.88. The number of hydrogen-bond acceptors (Lipinski definition) is 5. The number of sulfonamides is 1. The van der Waals surface area contributed by atoms with Crippen molar-refractivity contribution in [3.63, 3.8) is 0 Å². The molecule has 2 rings (SSSR count). The van der Waals surface area contributed by atoms with E-state index in [1.165, 1.54) is 4.31 Å². The lowest BCUT2D eigenvalue weighted by molar-refractivity contribution is -0.132. The first-order valence-corrected chi connectivity index (χ1v) is 9.37. The molecule has 0 radical (unpaired) electrons. The molecule has 0 aliphatic carbocycles. The Bertz CT molecular complexity index is 530. The molecule has 2 aliphatic heterocycles. The van der Waals surface area contributed by atoms with Crippen LogP contribution in [0.15, 0.2) is 0 Å². The predicted octanol–water partition coefficient (Wildman–Crippen LogP) is -1.71. The van der Waals surface area contributed by atoms with Crippen molar-refractivity contribution in [1.82, 2.24) is 14.1 Å². The highest BCUT2D eigenvalue weighted by Crippen LogP contribution is 2.14. The van der Waals surface area contributed by atoms with Gasteiger partial charge in [0.2, 0.25) is 21.8 Å². The van der Waals surface area contributed by atoms with Gasteiger partial charge in [-0.15, -0.1) is 0 Å². The van der Waals surface area contributed by atoms with Gasteiger partial charge in [0.15, 0.2) is 0 Å². The number of carbonyl (C=O) groups excluding carboxylic acids is 2. The Labute approximate surface area is 131 Å². The fourth-order valence-electron chi connectivity index (χ4n) is 2.93. The number of amides is 2. The summed E-state index contributed by atoms with van der Waals surface area (Å²) in [4.78, 5) is 27.4. The van der Waals surface area contributed by atoms with Crippen molar-refractivity contribution in [3.8, 4) is 0 Å². The molecule has 0 aromatic carbocycles. The van der Waals surface area contributed by atoms with E-state index in [-0.39, 0.29) is 25.5 Å². The third-order valence-corrected chi connectivity index (χ3v) is 5.53. The van der Waals surface area contributed by atoms with E-state index in [0.29, 0.717) is 13.1 Å². The minimum absolute atomic E-state index is 0.0357. The molecule has 0 aromatic rings. The Morgan fingerprint density at radius 1 is 1.09 bits per heavy atom. The van der Waals surface area contributed by atoms with Crippen LogP contribution in [0.5, 0.6) is 0 Å². The zero-order valence-corrected chi connectivity index (χ0v) is 13.7. The molecule has 0 aromatic heterocycles. The first-order valence-electron chi connectivity index (χ1n) is 7.52. The van der Waals surface area contributed by atoms with Gasteiger partial charge in [-0.25, -0.2) is 12.7 Å². The molecule has 2 saturated heterocycles. The quantitative estimate of drug-likeness (QED) is 0.660. The summed E-state index contributed by atoms with van der Waals surface area (Å²) in [6.45, 7) is 2.87. The van der Waals surface area contributed by atoms with Crippen LogP contribution in [-0.2, 0) is 19.6 Å². The zero-order chi connectivity index (χ0) is 16.3. The minimum Gasteiger partial charge on any atom is -0.369 e.